The van der Waals surface area contributed by atoms with Gasteiger partial charge in [-0.1, -0.05) is 42.5 Å². The molecule has 1 aromatic heterocycles. The molecule has 0 aliphatic heterocycles. The fourth-order valence-electron chi connectivity index (χ4n) is 4.06. The van der Waals surface area contributed by atoms with Crippen molar-refractivity contribution in [3.05, 3.63) is 94.4 Å². The van der Waals surface area contributed by atoms with Crippen LogP contribution in [0, 0.1) is 6.92 Å². The molecule has 186 valence electrons. The first-order chi connectivity index (χ1) is 16.9. The minimum atomic E-state index is -4.99. The maximum atomic E-state index is 13.4. The fourth-order valence-corrected chi connectivity index (χ4v) is 4.06. The van der Waals surface area contributed by atoms with Gasteiger partial charge in [0.2, 0.25) is 0 Å². The molecule has 0 atom stereocenters. The summed E-state index contributed by atoms with van der Waals surface area (Å²) in [4.78, 5) is 21.7. The summed E-state index contributed by atoms with van der Waals surface area (Å²) in [6, 6.07) is 14.1. The molecule has 0 bridgehead atoms. The number of carbonyl (C=O) groups is 1. The number of aromatic nitrogens is 2. The van der Waals surface area contributed by atoms with Crippen LogP contribution < -0.4 is 5.32 Å². The van der Waals surface area contributed by atoms with Crippen molar-refractivity contribution in [1.82, 2.24) is 15.3 Å². The van der Waals surface area contributed by atoms with Crippen LogP contribution in [0.5, 0.6) is 0 Å². The van der Waals surface area contributed by atoms with Gasteiger partial charge in [0.25, 0.3) is 5.91 Å². The van der Waals surface area contributed by atoms with Crippen LogP contribution in [0.3, 0.4) is 0 Å². The van der Waals surface area contributed by atoms with Gasteiger partial charge in [-0.25, -0.2) is 9.97 Å². The normalized spacial score (nSPS) is 12.1. The molecule has 0 aliphatic rings. The molecule has 1 N–H and O–H groups in total. The van der Waals surface area contributed by atoms with Gasteiger partial charge in [0.15, 0.2) is 0 Å². The molecule has 0 fully saturated rings. The number of carbonyl (C=O) groups excluding carboxylic acids is 1. The van der Waals surface area contributed by atoms with Crippen molar-refractivity contribution in [2.75, 3.05) is 7.05 Å². The highest BCUT2D eigenvalue weighted by Crippen LogP contribution is 2.37. The summed E-state index contributed by atoms with van der Waals surface area (Å²) < 4.78 is 80.3. The van der Waals surface area contributed by atoms with Crippen molar-refractivity contribution in [3.8, 4) is 11.3 Å². The third-order valence-corrected chi connectivity index (χ3v) is 5.61. The number of nitrogens with one attached hydrogen (secondary N) is 1. The second-order valence-corrected chi connectivity index (χ2v) is 8.14. The number of alkyl halides is 6. The number of halogens is 6. The van der Waals surface area contributed by atoms with Gasteiger partial charge in [0.1, 0.15) is 5.82 Å². The van der Waals surface area contributed by atoms with Gasteiger partial charge in [0, 0.05) is 19.0 Å². The zero-order valence-electron chi connectivity index (χ0n) is 19.1. The summed E-state index contributed by atoms with van der Waals surface area (Å²) >= 11 is 0. The van der Waals surface area contributed by atoms with Crippen molar-refractivity contribution >= 4 is 16.7 Å². The molecule has 0 spiro atoms. The van der Waals surface area contributed by atoms with Gasteiger partial charge in [-0.2, -0.15) is 26.3 Å². The molecule has 0 radical (unpaired) electrons. The Hall–Kier alpha value is -3.95. The van der Waals surface area contributed by atoms with E-state index in [-0.39, 0.29) is 34.4 Å². The summed E-state index contributed by atoms with van der Waals surface area (Å²) in [6.45, 7) is 1.54. The summed E-state index contributed by atoms with van der Waals surface area (Å²) in [5.41, 5.74) is -2.36. The minimum absolute atomic E-state index is 0.0113. The number of benzene rings is 3. The Morgan fingerprint density at radius 1 is 0.861 bits per heavy atom. The summed E-state index contributed by atoms with van der Waals surface area (Å²) in [5.74, 6) is -0.403. The molecule has 3 aromatic carbocycles. The van der Waals surface area contributed by atoms with E-state index in [0.717, 1.165) is 10.8 Å². The topological polar surface area (TPSA) is 54.9 Å². The number of rotatable bonds is 4. The van der Waals surface area contributed by atoms with Crippen molar-refractivity contribution in [1.29, 1.82) is 0 Å². The van der Waals surface area contributed by atoms with E-state index in [9.17, 15) is 31.1 Å². The molecule has 0 aliphatic carbocycles. The van der Waals surface area contributed by atoms with Crippen molar-refractivity contribution in [3.63, 3.8) is 0 Å². The van der Waals surface area contributed by atoms with E-state index in [2.05, 4.69) is 15.3 Å². The van der Waals surface area contributed by atoms with Gasteiger partial charge in [-0.15, -0.1) is 0 Å². The quantitative estimate of drug-likeness (QED) is 0.320. The highest BCUT2D eigenvalue weighted by atomic mass is 19.4. The lowest BCUT2D eigenvalue weighted by Gasteiger charge is -2.17. The fraction of sp³-hybridized carbons (Fsp3) is 0.192. The maximum Gasteiger partial charge on any atom is 0.416 e. The molecule has 4 nitrogen and oxygen atoms in total. The molecule has 1 amide bonds. The molecular formula is C26H19F6N3O. The Morgan fingerprint density at radius 2 is 1.47 bits per heavy atom. The lowest BCUT2D eigenvalue weighted by Crippen LogP contribution is -2.23. The maximum absolute atomic E-state index is 13.4. The van der Waals surface area contributed by atoms with Crippen LogP contribution in [0.4, 0.5) is 26.3 Å². The monoisotopic (exact) mass is 503 g/mol. The highest BCUT2D eigenvalue weighted by molar-refractivity contribution is 6.05. The second-order valence-electron chi connectivity index (χ2n) is 8.14. The predicted molar refractivity (Wildman–Crippen MR) is 122 cm³/mol. The van der Waals surface area contributed by atoms with Crippen LogP contribution in [0.25, 0.3) is 22.0 Å². The molecule has 36 heavy (non-hydrogen) atoms. The number of nitrogens with zero attached hydrogens (tertiary/aromatic N) is 2. The Morgan fingerprint density at radius 3 is 2.08 bits per heavy atom. The Balaban J connectivity index is 1.95. The van der Waals surface area contributed by atoms with Crippen LogP contribution in [0.15, 0.2) is 60.7 Å². The Kier molecular flexibility index (Phi) is 6.46. The third-order valence-electron chi connectivity index (χ3n) is 5.61. The molecule has 1 heterocycles. The highest BCUT2D eigenvalue weighted by Gasteiger charge is 2.37. The van der Waals surface area contributed by atoms with Gasteiger partial charge >= 0.3 is 12.4 Å². The van der Waals surface area contributed by atoms with E-state index in [4.69, 9.17) is 0 Å². The molecule has 0 saturated carbocycles. The average molecular weight is 503 g/mol. The van der Waals surface area contributed by atoms with E-state index in [0.29, 0.717) is 17.7 Å². The van der Waals surface area contributed by atoms with Crippen LogP contribution in [0.2, 0.25) is 0 Å². The number of hydrogen-bond acceptors (Lipinski definition) is 3. The largest absolute Gasteiger partial charge is 0.416 e. The number of fused-ring (bicyclic) bond motifs is 1. The molecular weight excluding hydrogens is 484 g/mol. The van der Waals surface area contributed by atoms with E-state index in [1.54, 1.807) is 19.1 Å². The molecule has 4 rings (SSSR count). The van der Waals surface area contributed by atoms with E-state index in [1.165, 1.54) is 7.05 Å². The zero-order chi connectivity index (χ0) is 26.3. The molecule has 0 unspecified atom stereocenters. The minimum Gasteiger partial charge on any atom is -0.355 e. The number of aryl methyl sites for hydroxylation is 1. The lowest BCUT2D eigenvalue weighted by atomic mass is 9.94. The van der Waals surface area contributed by atoms with Crippen molar-refractivity contribution in [2.24, 2.45) is 0 Å². The van der Waals surface area contributed by atoms with Gasteiger partial charge in [-0.3, -0.25) is 4.79 Å². The molecule has 10 heteroatoms. The average Bonchev–Trinajstić information content (AvgIpc) is 2.81. The van der Waals surface area contributed by atoms with Crippen LogP contribution >= 0.6 is 0 Å². The van der Waals surface area contributed by atoms with Crippen molar-refractivity contribution in [2.45, 2.75) is 25.7 Å². The van der Waals surface area contributed by atoms with E-state index < -0.39 is 35.8 Å². The SMILES string of the molecule is CNC(=O)c1c(Cc2cc(C(F)(F)F)cc(C(F)(F)F)c2)nc(C)nc1-c1cccc2ccccc12. The van der Waals surface area contributed by atoms with E-state index in [1.807, 2.05) is 30.3 Å². The van der Waals surface area contributed by atoms with E-state index >= 15 is 0 Å². The molecule has 0 saturated heterocycles. The van der Waals surface area contributed by atoms with Crippen LogP contribution in [-0.4, -0.2) is 22.9 Å². The van der Waals surface area contributed by atoms with Crippen LogP contribution in [0.1, 0.15) is 38.6 Å². The summed E-state index contributed by atoms with van der Waals surface area (Å²) in [5, 5.41) is 4.11. The first kappa shape index (κ1) is 25.2. The smallest absolute Gasteiger partial charge is 0.355 e. The summed E-state index contributed by atoms with van der Waals surface area (Å²) in [6.07, 6.45) is -10.4. The van der Waals surface area contributed by atoms with Gasteiger partial charge in [-0.05, 0) is 41.5 Å². The first-order valence-electron chi connectivity index (χ1n) is 10.7. The number of amides is 1. The predicted octanol–water partition coefficient (Wildman–Crippen LogP) is 6.59. The van der Waals surface area contributed by atoms with Crippen LogP contribution in [-0.2, 0) is 18.8 Å². The summed E-state index contributed by atoms with van der Waals surface area (Å²) in [7, 11) is 1.37. The standard InChI is InChI=1S/C26H19F6N3O/c1-14-34-21(12-15-10-17(25(27,28)29)13-18(11-15)26(30,31)32)22(24(36)33-2)23(35-14)20-9-5-7-16-6-3-4-8-19(16)20/h3-11,13H,12H2,1-2H3,(H,33,36). The lowest BCUT2D eigenvalue weighted by molar-refractivity contribution is -0.143. The van der Waals surface area contributed by atoms with Gasteiger partial charge < -0.3 is 5.32 Å². The van der Waals surface area contributed by atoms with Crippen molar-refractivity contribution < 1.29 is 31.1 Å². The zero-order valence-corrected chi connectivity index (χ0v) is 19.1. The second kappa shape index (κ2) is 9.25. The number of hydrogen-bond donors (Lipinski definition) is 1. The first-order valence-corrected chi connectivity index (χ1v) is 10.7. The third kappa shape index (κ3) is 5.02. The van der Waals surface area contributed by atoms with Gasteiger partial charge in [0.05, 0.1) is 28.1 Å². The Labute approximate surface area is 202 Å². The Bertz CT molecular complexity index is 1420. The molecule has 4 aromatic rings.